The molecule has 0 amide bonds. The maximum Gasteiger partial charge on any atom is 0.306 e. The molecular formula is C52H96O12S. The van der Waals surface area contributed by atoms with Crippen LogP contribution in [0.5, 0.6) is 0 Å². The van der Waals surface area contributed by atoms with E-state index in [1.807, 2.05) is 0 Å². The van der Waals surface area contributed by atoms with Crippen LogP contribution in [0.1, 0.15) is 245 Å². The summed E-state index contributed by atoms with van der Waals surface area (Å²) in [6.07, 6.45) is 36.1. The molecule has 1 heterocycles. The number of esters is 2. The average molecular weight is 945 g/mol. The van der Waals surface area contributed by atoms with Crippen molar-refractivity contribution >= 4 is 22.1 Å². The second kappa shape index (κ2) is 42.3. The maximum atomic E-state index is 12.9. The molecule has 0 bridgehead atoms. The third-order valence-electron chi connectivity index (χ3n) is 12.4. The lowest BCUT2D eigenvalue weighted by molar-refractivity contribution is -0.297. The largest absolute Gasteiger partial charge is 0.462 e. The van der Waals surface area contributed by atoms with Gasteiger partial charge in [-0.15, -0.1) is 5.73 Å². The molecule has 4 N–H and O–H groups in total. The normalized spacial score (nSPS) is 19.1. The summed E-state index contributed by atoms with van der Waals surface area (Å²) >= 11 is 0. The molecule has 1 aliphatic rings. The molecule has 0 aromatic carbocycles. The minimum Gasteiger partial charge on any atom is -0.462 e. The zero-order valence-electron chi connectivity index (χ0n) is 41.2. The number of aliphatic hydroxyl groups excluding tert-OH is 3. The summed E-state index contributed by atoms with van der Waals surface area (Å²) in [4.78, 5) is 25.5. The van der Waals surface area contributed by atoms with E-state index in [2.05, 4.69) is 31.7 Å². The number of carbonyl (C=O) groups is 2. The van der Waals surface area contributed by atoms with Gasteiger partial charge in [-0.05, 0) is 50.7 Å². The lowest BCUT2D eigenvalue weighted by atomic mass is 10.00. The van der Waals surface area contributed by atoms with E-state index >= 15 is 0 Å². The van der Waals surface area contributed by atoms with Crippen LogP contribution in [0.4, 0.5) is 0 Å². The standard InChI is InChI=1S/C52H96O12S/c1-3-5-7-9-11-13-15-17-19-20-21-22-23-24-25-27-29-31-33-35-37-39-41-48(54)63-45(43-62-52-51(57)50(56)49(55)46(64-52)44-65(58,59)60)42-61-47(53)40-38-36-34-32-30-28-26-18-16-14-12-10-8-6-4-2/h16,26,45-46,49-52,55-57H,3-15,17,19-25,27-44H2,1-2H3,(H,58,59,60)/t18?,45-,46-,49-,50?,51?,52+/m1/s1. The fraction of sp³-hybridized carbons (Fsp3) is 0.904. The smallest absolute Gasteiger partial charge is 0.306 e. The van der Waals surface area contributed by atoms with E-state index in [4.69, 9.17) is 18.9 Å². The molecular weight excluding hydrogens is 849 g/mol. The van der Waals surface area contributed by atoms with E-state index in [0.717, 1.165) is 57.8 Å². The van der Waals surface area contributed by atoms with Crippen LogP contribution >= 0.6 is 0 Å². The third-order valence-corrected chi connectivity index (χ3v) is 13.1. The number of rotatable bonds is 45. The molecule has 0 radical (unpaired) electrons. The maximum absolute atomic E-state index is 12.9. The number of carbonyl (C=O) groups excluding carboxylic acids is 2. The SMILES string of the molecule is CCCCCCCC=C=CCCCCCCCC(=O)OC[C@H](CO[C@H]1O[C@H](CS(=O)(=O)O)[C@@H](O)C(O)C1O)OC(=O)CCCCCCCCCCCCCCCCCCCCCCCC. The minimum absolute atomic E-state index is 0.165. The highest BCUT2D eigenvalue weighted by atomic mass is 32.2. The molecule has 0 spiro atoms. The van der Waals surface area contributed by atoms with Crippen LogP contribution in [0, 0.1) is 0 Å². The van der Waals surface area contributed by atoms with Gasteiger partial charge in [-0.2, -0.15) is 8.42 Å². The van der Waals surface area contributed by atoms with Crippen molar-refractivity contribution in [2.75, 3.05) is 19.0 Å². The summed E-state index contributed by atoms with van der Waals surface area (Å²) in [5.74, 6) is -1.99. The third kappa shape index (κ3) is 36.8. The molecule has 2 unspecified atom stereocenters. The Balaban J connectivity index is 2.35. The molecule has 13 heteroatoms. The summed E-state index contributed by atoms with van der Waals surface area (Å²) in [7, 11) is -4.60. The van der Waals surface area contributed by atoms with Crippen LogP contribution < -0.4 is 0 Å². The fourth-order valence-electron chi connectivity index (χ4n) is 8.24. The van der Waals surface area contributed by atoms with E-state index in [9.17, 15) is 37.9 Å². The van der Waals surface area contributed by atoms with Crippen LogP contribution in [0.2, 0.25) is 0 Å². The monoisotopic (exact) mass is 945 g/mol. The number of unbranched alkanes of at least 4 members (excludes halogenated alkanes) is 31. The molecule has 65 heavy (non-hydrogen) atoms. The van der Waals surface area contributed by atoms with Gasteiger partial charge >= 0.3 is 11.9 Å². The van der Waals surface area contributed by atoms with Crippen molar-refractivity contribution in [2.45, 2.75) is 282 Å². The first kappa shape index (κ1) is 61.2. The van der Waals surface area contributed by atoms with Crippen LogP contribution in [-0.2, 0) is 38.7 Å². The van der Waals surface area contributed by atoms with Crippen molar-refractivity contribution in [1.29, 1.82) is 0 Å². The molecule has 0 aliphatic carbocycles. The van der Waals surface area contributed by atoms with Crippen LogP contribution in [0.3, 0.4) is 0 Å². The molecule has 6 atom stereocenters. The van der Waals surface area contributed by atoms with Crippen molar-refractivity contribution < 1.29 is 56.8 Å². The predicted octanol–water partition coefficient (Wildman–Crippen LogP) is 11.9. The van der Waals surface area contributed by atoms with Gasteiger partial charge in [0.2, 0.25) is 0 Å². The number of hydrogen-bond acceptors (Lipinski definition) is 11. The van der Waals surface area contributed by atoms with E-state index < -0.39 is 71.2 Å². The van der Waals surface area contributed by atoms with E-state index in [0.29, 0.717) is 12.8 Å². The summed E-state index contributed by atoms with van der Waals surface area (Å²) in [6, 6.07) is 0. The average Bonchev–Trinajstić information content (AvgIpc) is 3.27. The lowest BCUT2D eigenvalue weighted by Gasteiger charge is -2.40. The van der Waals surface area contributed by atoms with Gasteiger partial charge in [0.05, 0.1) is 6.61 Å². The van der Waals surface area contributed by atoms with Gasteiger partial charge in [0.1, 0.15) is 36.8 Å². The first-order chi connectivity index (χ1) is 31.5. The van der Waals surface area contributed by atoms with Gasteiger partial charge in [-0.1, -0.05) is 194 Å². The summed E-state index contributed by atoms with van der Waals surface area (Å²) in [6.45, 7) is 3.77. The molecule has 0 aromatic rings. The van der Waals surface area contributed by atoms with E-state index in [-0.39, 0.29) is 19.4 Å². The van der Waals surface area contributed by atoms with Gasteiger partial charge in [0.15, 0.2) is 12.4 Å². The molecule has 382 valence electrons. The number of aliphatic hydroxyl groups is 3. The molecule has 0 aromatic heterocycles. The molecule has 1 saturated heterocycles. The molecule has 1 fully saturated rings. The van der Waals surface area contributed by atoms with Crippen molar-refractivity contribution in [3.63, 3.8) is 0 Å². The number of hydrogen-bond donors (Lipinski definition) is 4. The highest BCUT2D eigenvalue weighted by Crippen LogP contribution is 2.24. The molecule has 12 nitrogen and oxygen atoms in total. The molecule has 1 aliphatic heterocycles. The Morgan fingerprint density at radius 1 is 0.538 bits per heavy atom. The molecule has 0 saturated carbocycles. The van der Waals surface area contributed by atoms with Crippen LogP contribution in [-0.4, -0.2) is 96.0 Å². The van der Waals surface area contributed by atoms with Gasteiger partial charge < -0.3 is 34.3 Å². The first-order valence-corrected chi connectivity index (χ1v) is 28.1. The summed E-state index contributed by atoms with van der Waals surface area (Å²) in [5.41, 5.74) is 3.29. The van der Waals surface area contributed by atoms with Gasteiger partial charge in [-0.3, -0.25) is 14.1 Å². The lowest BCUT2D eigenvalue weighted by Crippen LogP contribution is -2.60. The highest BCUT2D eigenvalue weighted by molar-refractivity contribution is 7.85. The van der Waals surface area contributed by atoms with Gasteiger partial charge in [0, 0.05) is 12.8 Å². The second-order valence-corrected chi connectivity index (χ2v) is 20.1. The van der Waals surface area contributed by atoms with Crippen molar-refractivity contribution in [1.82, 2.24) is 0 Å². The van der Waals surface area contributed by atoms with Crippen molar-refractivity contribution in [2.24, 2.45) is 0 Å². The summed E-state index contributed by atoms with van der Waals surface area (Å²) < 4.78 is 54.2. The van der Waals surface area contributed by atoms with Crippen LogP contribution in [0.15, 0.2) is 17.9 Å². The van der Waals surface area contributed by atoms with Crippen molar-refractivity contribution in [3.8, 4) is 0 Å². The number of ether oxygens (including phenoxy) is 4. The number of allylic oxidation sites excluding steroid dienone is 1. The predicted molar refractivity (Wildman–Crippen MR) is 260 cm³/mol. The Kier molecular flexibility index (Phi) is 39.8. The van der Waals surface area contributed by atoms with Gasteiger partial charge in [0.25, 0.3) is 10.1 Å². The Labute approximate surface area is 396 Å². The topological polar surface area (TPSA) is 186 Å². The van der Waals surface area contributed by atoms with Crippen molar-refractivity contribution in [3.05, 3.63) is 17.9 Å². The van der Waals surface area contributed by atoms with E-state index in [1.165, 1.54) is 148 Å². The molecule has 1 rings (SSSR count). The van der Waals surface area contributed by atoms with Crippen LogP contribution in [0.25, 0.3) is 0 Å². The zero-order chi connectivity index (χ0) is 47.6. The van der Waals surface area contributed by atoms with E-state index in [1.54, 1.807) is 0 Å². The Morgan fingerprint density at radius 3 is 1.34 bits per heavy atom. The Morgan fingerprint density at radius 2 is 0.923 bits per heavy atom. The fourth-order valence-corrected chi connectivity index (χ4v) is 8.94. The van der Waals surface area contributed by atoms with Gasteiger partial charge in [-0.25, -0.2) is 0 Å². The quantitative estimate of drug-likeness (QED) is 0.0196. The highest BCUT2D eigenvalue weighted by Gasteiger charge is 2.46. The minimum atomic E-state index is -4.60. The summed E-state index contributed by atoms with van der Waals surface area (Å²) in [5, 5.41) is 31.0. The zero-order valence-corrected chi connectivity index (χ0v) is 42.0. The first-order valence-electron chi connectivity index (χ1n) is 26.5. The second-order valence-electron chi connectivity index (χ2n) is 18.7. The Hall–Kier alpha value is -1.83. The Bertz CT molecular complexity index is 1300.